The molecule has 0 saturated heterocycles. The fourth-order valence-corrected chi connectivity index (χ4v) is 1.94. The molecule has 0 aliphatic carbocycles. The third-order valence-corrected chi connectivity index (χ3v) is 3.08. The molecule has 0 aromatic heterocycles. The molecule has 0 saturated carbocycles. The third kappa shape index (κ3) is 3.72. The SMILES string of the molecule is COc1ccc(CCNC(=O)c2c(O)cccc2F)cc1. The van der Waals surface area contributed by atoms with E-state index >= 15 is 0 Å². The minimum absolute atomic E-state index is 0.327. The Morgan fingerprint density at radius 2 is 1.95 bits per heavy atom. The van der Waals surface area contributed by atoms with Gasteiger partial charge in [0, 0.05) is 6.54 Å². The van der Waals surface area contributed by atoms with E-state index in [-0.39, 0.29) is 11.3 Å². The van der Waals surface area contributed by atoms with Gasteiger partial charge in [-0.1, -0.05) is 18.2 Å². The van der Waals surface area contributed by atoms with E-state index in [1.165, 1.54) is 12.1 Å². The minimum atomic E-state index is -0.739. The topological polar surface area (TPSA) is 58.6 Å². The quantitative estimate of drug-likeness (QED) is 0.889. The Morgan fingerprint density at radius 3 is 2.57 bits per heavy atom. The molecular formula is C16H16FNO3. The first-order valence-corrected chi connectivity index (χ1v) is 6.50. The molecule has 0 fully saturated rings. The second-order valence-corrected chi connectivity index (χ2v) is 4.49. The zero-order valence-electron chi connectivity index (χ0n) is 11.6. The molecule has 4 nitrogen and oxygen atoms in total. The van der Waals surface area contributed by atoms with Crippen molar-refractivity contribution in [2.24, 2.45) is 0 Å². The highest BCUT2D eigenvalue weighted by atomic mass is 19.1. The van der Waals surface area contributed by atoms with E-state index in [0.29, 0.717) is 13.0 Å². The second kappa shape index (κ2) is 6.74. The van der Waals surface area contributed by atoms with E-state index in [1.54, 1.807) is 7.11 Å². The van der Waals surface area contributed by atoms with E-state index in [4.69, 9.17) is 4.74 Å². The fraction of sp³-hybridized carbons (Fsp3) is 0.188. The van der Waals surface area contributed by atoms with Crippen molar-refractivity contribution in [3.63, 3.8) is 0 Å². The molecular weight excluding hydrogens is 273 g/mol. The zero-order valence-corrected chi connectivity index (χ0v) is 11.6. The maximum Gasteiger partial charge on any atom is 0.258 e. The van der Waals surface area contributed by atoms with Crippen molar-refractivity contribution in [2.45, 2.75) is 6.42 Å². The summed E-state index contributed by atoms with van der Waals surface area (Å²) in [4.78, 5) is 11.8. The van der Waals surface area contributed by atoms with Gasteiger partial charge in [0.1, 0.15) is 22.9 Å². The summed E-state index contributed by atoms with van der Waals surface area (Å²) in [5.74, 6) is -0.966. The van der Waals surface area contributed by atoms with Gasteiger partial charge in [0.2, 0.25) is 0 Å². The van der Waals surface area contributed by atoms with Crippen molar-refractivity contribution in [2.75, 3.05) is 13.7 Å². The Bertz CT molecular complexity index is 606. The van der Waals surface area contributed by atoms with E-state index in [1.807, 2.05) is 24.3 Å². The summed E-state index contributed by atoms with van der Waals surface area (Å²) >= 11 is 0. The monoisotopic (exact) mass is 289 g/mol. The van der Waals surface area contributed by atoms with Gasteiger partial charge in [0.05, 0.1) is 7.11 Å². The number of rotatable bonds is 5. The number of methoxy groups -OCH3 is 1. The molecule has 2 N–H and O–H groups in total. The van der Waals surface area contributed by atoms with E-state index in [0.717, 1.165) is 17.4 Å². The highest BCUT2D eigenvalue weighted by Crippen LogP contribution is 2.19. The van der Waals surface area contributed by atoms with Crippen LogP contribution in [-0.4, -0.2) is 24.7 Å². The number of hydrogen-bond acceptors (Lipinski definition) is 3. The molecule has 0 aliphatic heterocycles. The van der Waals surface area contributed by atoms with Crippen LogP contribution in [0, 0.1) is 5.82 Å². The summed E-state index contributed by atoms with van der Waals surface area (Å²) in [6.45, 7) is 0.346. The number of aromatic hydroxyl groups is 1. The van der Waals surface area contributed by atoms with Gasteiger partial charge in [0.15, 0.2) is 0 Å². The molecule has 2 rings (SSSR count). The smallest absolute Gasteiger partial charge is 0.258 e. The lowest BCUT2D eigenvalue weighted by Crippen LogP contribution is -2.26. The highest BCUT2D eigenvalue weighted by molar-refractivity contribution is 5.97. The first-order valence-electron chi connectivity index (χ1n) is 6.50. The van der Waals surface area contributed by atoms with Gasteiger partial charge < -0.3 is 15.2 Å². The van der Waals surface area contributed by atoms with Gasteiger partial charge in [-0.2, -0.15) is 0 Å². The van der Waals surface area contributed by atoms with Crippen molar-refractivity contribution in [1.29, 1.82) is 0 Å². The normalized spacial score (nSPS) is 10.2. The summed E-state index contributed by atoms with van der Waals surface area (Å²) in [5.41, 5.74) is 0.695. The molecule has 0 spiro atoms. The number of halogens is 1. The Balaban J connectivity index is 1.92. The first kappa shape index (κ1) is 14.8. The minimum Gasteiger partial charge on any atom is -0.507 e. The van der Waals surface area contributed by atoms with Crippen molar-refractivity contribution in [3.8, 4) is 11.5 Å². The molecule has 0 bridgehead atoms. The Labute approximate surface area is 122 Å². The maximum atomic E-state index is 13.5. The van der Waals surface area contributed by atoms with E-state index < -0.39 is 11.7 Å². The standard InChI is InChI=1S/C16H16FNO3/c1-21-12-7-5-11(6-8-12)9-10-18-16(20)15-13(17)3-2-4-14(15)19/h2-8,19H,9-10H2,1H3,(H,18,20). The number of ether oxygens (including phenoxy) is 1. The van der Waals surface area contributed by atoms with Gasteiger partial charge in [-0.25, -0.2) is 4.39 Å². The predicted octanol–water partition coefficient (Wildman–Crippen LogP) is 2.51. The molecule has 2 aromatic rings. The van der Waals surface area contributed by atoms with Crippen LogP contribution >= 0.6 is 0 Å². The first-order chi connectivity index (χ1) is 10.1. The molecule has 0 aliphatic rings. The Morgan fingerprint density at radius 1 is 1.24 bits per heavy atom. The summed E-state index contributed by atoms with van der Waals surface area (Å²) in [7, 11) is 1.59. The van der Waals surface area contributed by atoms with Crippen LogP contribution in [0.25, 0.3) is 0 Å². The summed E-state index contributed by atoms with van der Waals surface area (Å²) in [6.07, 6.45) is 0.602. The number of nitrogens with one attached hydrogen (secondary N) is 1. The van der Waals surface area contributed by atoms with E-state index in [9.17, 15) is 14.3 Å². The third-order valence-electron chi connectivity index (χ3n) is 3.08. The van der Waals surface area contributed by atoms with Gasteiger partial charge in [-0.15, -0.1) is 0 Å². The average molecular weight is 289 g/mol. The van der Waals surface area contributed by atoms with Crippen LogP contribution in [0.5, 0.6) is 11.5 Å². The second-order valence-electron chi connectivity index (χ2n) is 4.49. The highest BCUT2D eigenvalue weighted by Gasteiger charge is 2.15. The molecule has 2 aromatic carbocycles. The lowest BCUT2D eigenvalue weighted by Gasteiger charge is -2.08. The van der Waals surface area contributed by atoms with Crippen LogP contribution in [0.1, 0.15) is 15.9 Å². The lowest BCUT2D eigenvalue weighted by molar-refractivity contribution is 0.0947. The summed E-state index contributed by atoms with van der Waals surface area (Å²) in [6, 6.07) is 11.2. The largest absolute Gasteiger partial charge is 0.507 e. The van der Waals surface area contributed by atoms with Crippen LogP contribution in [0.3, 0.4) is 0 Å². The van der Waals surface area contributed by atoms with Crippen molar-refractivity contribution in [1.82, 2.24) is 5.32 Å². The lowest BCUT2D eigenvalue weighted by atomic mass is 10.1. The molecule has 21 heavy (non-hydrogen) atoms. The Kier molecular flexibility index (Phi) is 4.77. The van der Waals surface area contributed by atoms with Crippen molar-refractivity contribution >= 4 is 5.91 Å². The van der Waals surface area contributed by atoms with Crippen molar-refractivity contribution < 1.29 is 19.0 Å². The van der Waals surface area contributed by atoms with Gasteiger partial charge in [-0.05, 0) is 36.2 Å². The number of hydrogen-bond donors (Lipinski definition) is 2. The molecule has 110 valence electrons. The number of carbonyl (C=O) groups excluding carboxylic acids is 1. The van der Waals surface area contributed by atoms with Gasteiger partial charge >= 0.3 is 0 Å². The van der Waals surface area contributed by atoms with E-state index in [2.05, 4.69) is 5.32 Å². The zero-order chi connectivity index (χ0) is 15.2. The number of phenolic OH excluding ortho intramolecular Hbond substituents is 1. The predicted molar refractivity (Wildman–Crippen MR) is 77.1 cm³/mol. The van der Waals surface area contributed by atoms with Gasteiger partial charge in [-0.3, -0.25) is 4.79 Å². The molecule has 1 amide bonds. The van der Waals surface area contributed by atoms with Crippen LogP contribution in [-0.2, 0) is 6.42 Å². The molecule has 0 radical (unpaired) electrons. The molecule has 5 heteroatoms. The molecule has 0 heterocycles. The number of phenols is 1. The maximum absolute atomic E-state index is 13.5. The fourth-order valence-electron chi connectivity index (χ4n) is 1.94. The summed E-state index contributed by atoms with van der Waals surface area (Å²) < 4.78 is 18.6. The summed E-state index contributed by atoms with van der Waals surface area (Å²) in [5, 5.41) is 12.1. The molecule has 0 atom stereocenters. The van der Waals surface area contributed by atoms with Crippen LogP contribution in [0.15, 0.2) is 42.5 Å². The number of carbonyl (C=O) groups is 1. The number of amides is 1. The van der Waals surface area contributed by atoms with Crippen LogP contribution < -0.4 is 10.1 Å². The van der Waals surface area contributed by atoms with Gasteiger partial charge in [0.25, 0.3) is 5.91 Å². The Hall–Kier alpha value is -2.56. The van der Waals surface area contributed by atoms with Crippen molar-refractivity contribution in [3.05, 3.63) is 59.4 Å². The van der Waals surface area contributed by atoms with Crippen LogP contribution in [0.4, 0.5) is 4.39 Å². The average Bonchev–Trinajstić information content (AvgIpc) is 2.48. The van der Waals surface area contributed by atoms with Crippen LogP contribution in [0.2, 0.25) is 0 Å². The molecule has 0 unspecified atom stereocenters. The number of benzene rings is 2.